The predicted molar refractivity (Wildman–Crippen MR) is 51.5 cm³/mol. The Labute approximate surface area is 79.8 Å². The van der Waals surface area contributed by atoms with Crippen LogP contribution in [0.2, 0.25) is 0 Å². The van der Waals surface area contributed by atoms with Gasteiger partial charge >= 0.3 is 5.97 Å². The molecular formula is C10H19NO2. The summed E-state index contributed by atoms with van der Waals surface area (Å²) in [5.41, 5.74) is 0.207. The van der Waals surface area contributed by atoms with E-state index in [1.54, 1.807) is 0 Å². The van der Waals surface area contributed by atoms with Crippen LogP contribution in [0.15, 0.2) is 0 Å². The van der Waals surface area contributed by atoms with Crippen LogP contribution in [0, 0.1) is 5.41 Å². The summed E-state index contributed by atoms with van der Waals surface area (Å²) in [5.74, 6) is -0.0239. The topological polar surface area (TPSA) is 38.3 Å². The van der Waals surface area contributed by atoms with Crippen molar-refractivity contribution in [1.29, 1.82) is 0 Å². The molecule has 1 aliphatic rings. The molecule has 13 heavy (non-hydrogen) atoms. The first-order valence-electron chi connectivity index (χ1n) is 5.03. The van der Waals surface area contributed by atoms with Crippen molar-refractivity contribution in [3.63, 3.8) is 0 Å². The highest BCUT2D eigenvalue weighted by molar-refractivity contribution is 5.71. The maximum Gasteiger partial charge on any atom is 0.306 e. The molecule has 0 aliphatic carbocycles. The van der Waals surface area contributed by atoms with Crippen LogP contribution >= 0.6 is 0 Å². The summed E-state index contributed by atoms with van der Waals surface area (Å²) in [5, 5.41) is 3.14. The second-order valence-corrected chi connectivity index (χ2v) is 3.85. The van der Waals surface area contributed by atoms with Gasteiger partial charge in [-0.05, 0) is 38.3 Å². The highest BCUT2D eigenvalue weighted by Gasteiger charge is 2.34. The SMILES string of the molecule is CCC1(CCNC)CCOC(=O)C1. The summed E-state index contributed by atoms with van der Waals surface area (Å²) in [6, 6.07) is 0. The van der Waals surface area contributed by atoms with Crippen LogP contribution in [0.1, 0.15) is 32.6 Å². The molecule has 1 N–H and O–H groups in total. The van der Waals surface area contributed by atoms with E-state index in [0.717, 1.165) is 25.8 Å². The van der Waals surface area contributed by atoms with Gasteiger partial charge in [-0.25, -0.2) is 0 Å². The molecule has 0 saturated carbocycles. The molecule has 0 radical (unpaired) electrons. The maximum atomic E-state index is 11.2. The van der Waals surface area contributed by atoms with Crippen molar-refractivity contribution in [2.75, 3.05) is 20.2 Å². The summed E-state index contributed by atoms with van der Waals surface area (Å²) < 4.78 is 4.96. The van der Waals surface area contributed by atoms with Crippen LogP contribution < -0.4 is 5.32 Å². The van der Waals surface area contributed by atoms with Crippen molar-refractivity contribution < 1.29 is 9.53 Å². The zero-order chi connectivity index (χ0) is 9.73. The van der Waals surface area contributed by atoms with Crippen molar-refractivity contribution in [2.24, 2.45) is 5.41 Å². The molecular weight excluding hydrogens is 166 g/mol. The van der Waals surface area contributed by atoms with Gasteiger partial charge in [0.15, 0.2) is 0 Å². The molecule has 0 aromatic heterocycles. The molecule has 1 saturated heterocycles. The third-order valence-electron chi connectivity index (χ3n) is 3.07. The first kappa shape index (κ1) is 10.5. The summed E-state index contributed by atoms with van der Waals surface area (Å²) in [7, 11) is 1.95. The Bertz CT molecular complexity index is 182. The van der Waals surface area contributed by atoms with Crippen molar-refractivity contribution in [3.05, 3.63) is 0 Å². The van der Waals surface area contributed by atoms with Gasteiger partial charge < -0.3 is 10.1 Å². The number of hydrogen-bond donors (Lipinski definition) is 1. The Kier molecular flexibility index (Phi) is 3.72. The third-order valence-corrected chi connectivity index (χ3v) is 3.07. The Morgan fingerprint density at radius 2 is 2.38 bits per heavy atom. The summed E-state index contributed by atoms with van der Waals surface area (Å²) in [6.45, 7) is 3.76. The number of hydrogen-bond acceptors (Lipinski definition) is 3. The van der Waals surface area contributed by atoms with Gasteiger partial charge in [-0.2, -0.15) is 0 Å². The van der Waals surface area contributed by atoms with Crippen molar-refractivity contribution in [1.82, 2.24) is 5.32 Å². The lowest BCUT2D eigenvalue weighted by Gasteiger charge is -2.35. The number of carbonyl (C=O) groups is 1. The number of ether oxygens (including phenoxy) is 1. The number of cyclic esters (lactones) is 1. The van der Waals surface area contributed by atoms with E-state index in [1.165, 1.54) is 0 Å². The molecule has 3 heteroatoms. The number of nitrogens with one attached hydrogen (secondary N) is 1. The van der Waals surface area contributed by atoms with Gasteiger partial charge in [0.25, 0.3) is 0 Å². The molecule has 1 heterocycles. The van der Waals surface area contributed by atoms with Crippen LogP contribution in [0.5, 0.6) is 0 Å². The summed E-state index contributed by atoms with van der Waals surface area (Å²) in [4.78, 5) is 11.2. The van der Waals surface area contributed by atoms with Crippen LogP contribution in [-0.2, 0) is 9.53 Å². The second-order valence-electron chi connectivity index (χ2n) is 3.85. The van der Waals surface area contributed by atoms with E-state index in [9.17, 15) is 4.79 Å². The van der Waals surface area contributed by atoms with Gasteiger partial charge in [0.2, 0.25) is 0 Å². The Morgan fingerprint density at radius 1 is 1.62 bits per heavy atom. The van der Waals surface area contributed by atoms with Gasteiger partial charge in [-0.3, -0.25) is 4.79 Å². The molecule has 0 aromatic carbocycles. The lowest BCUT2D eigenvalue weighted by atomic mass is 9.75. The minimum Gasteiger partial charge on any atom is -0.466 e. The average Bonchev–Trinajstić information content (AvgIpc) is 2.15. The normalized spacial score (nSPS) is 28.6. The number of esters is 1. The van der Waals surface area contributed by atoms with E-state index in [0.29, 0.717) is 13.0 Å². The van der Waals surface area contributed by atoms with E-state index in [2.05, 4.69) is 12.2 Å². The molecule has 1 rings (SSSR count). The monoisotopic (exact) mass is 185 g/mol. The second kappa shape index (κ2) is 4.61. The lowest BCUT2D eigenvalue weighted by molar-refractivity contribution is -0.153. The van der Waals surface area contributed by atoms with Crippen molar-refractivity contribution >= 4 is 5.97 Å². The van der Waals surface area contributed by atoms with Crippen LogP contribution in [0.4, 0.5) is 0 Å². The lowest BCUT2D eigenvalue weighted by Crippen LogP contribution is -2.34. The molecule has 76 valence electrons. The minimum atomic E-state index is -0.0239. The van der Waals surface area contributed by atoms with Crippen molar-refractivity contribution in [2.45, 2.75) is 32.6 Å². The van der Waals surface area contributed by atoms with E-state index >= 15 is 0 Å². The van der Waals surface area contributed by atoms with Gasteiger partial charge in [-0.1, -0.05) is 6.92 Å². The van der Waals surface area contributed by atoms with Crippen molar-refractivity contribution in [3.8, 4) is 0 Å². The highest BCUT2D eigenvalue weighted by atomic mass is 16.5. The predicted octanol–water partition coefficient (Wildman–Crippen LogP) is 1.33. The largest absolute Gasteiger partial charge is 0.466 e. The molecule has 1 atom stereocenters. The summed E-state index contributed by atoms with van der Waals surface area (Å²) >= 11 is 0. The first-order chi connectivity index (χ1) is 6.22. The molecule has 1 unspecified atom stereocenters. The molecule has 0 aromatic rings. The molecule has 3 nitrogen and oxygen atoms in total. The number of rotatable bonds is 4. The van der Waals surface area contributed by atoms with Gasteiger partial charge in [0.05, 0.1) is 13.0 Å². The van der Waals surface area contributed by atoms with Crippen LogP contribution in [-0.4, -0.2) is 26.2 Å². The van der Waals surface area contributed by atoms with Crippen LogP contribution in [0.3, 0.4) is 0 Å². The molecule has 0 amide bonds. The van der Waals surface area contributed by atoms with E-state index in [4.69, 9.17) is 4.74 Å². The maximum absolute atomic E-state index is 11.2. The summed E-state index contributed by atoms with van der Waals surface area (Å²) in [6.07, 6.45) is 3.78. The smallest absolute Gasteiger partial charge is 0.306 e. The fraction of sp³-hybridized carbons (Fsp3) is 0.900. The zero-order valence-electron chi connectivity index (χ0n) is 8.56. The van der Waals surface area contributed by atoms with E-state index in [1.807, 2.05) is 7.05 Å². The fourth-order valence-electron chi connectivity index (χ4n) is 1.91. The molecule has 1 fully saturated rings. The van der Waals surface area contributed by atoms with Gasteiger partial charge in [-0.15, -0.1) is 0 Å². The Morgan fingerprint density at radius 3 is 2.92 bits per heavy atom. The quantitative estimate of drug-likeness (QED) is 0.671. The first-order valence-corrected chi connectivity index (χ1v) is 5.03. The third kappa shape index (κ3) is 2.69. The molecule has 1 aliphatic heterocycles. The van der Waals surface area contributed by atoms with E-state index < -0.39 is 0 Å². The van der Waals surface area contributed by atoms with E-state index in [-0.39, 0.29) is 11.4 Å². The average molecular weight is 185 g/mol. The highest BCUT2D eigenvalue weighted by Crippen LogP contribution is 2.37. The molecule has 0 spiro atoms. The Hall–Kier alpha value is -0.570. The van der Waals surface area contributed by atoms with Gasteiger partial charge in [0, 0.05) is 0 Å². The number of carbonyl (C=O) groups excluding carboxylic acids is 1. The minimum absolute atomic E-state index is 0.0239. The van der Waals surface area contributed by atoms with Crippen LogP contribution in [0.25, 0.3) is 0 Å². The fourth-order valence-corrected chi connectivity index (χ4v) is 1.91. The standard InChI is InChI=1S/C10H19NO2/c1-3-10(4-6-11-2)5-7-13-9(12)8-10/h11H,3-8H2,1-2H3. The zero-order valence-corrected chi connectivity index (χ0v) is 8.56. The van der Waals surface area contributed by atoms with Gasteiger partial charge in [0.1, 0.15) is 0 Å². The molecule has 0 bridgehead atoms. The Balaban J connectivity index is 2.51.